The van der Waals surface area contributed by atoms with Crippen LogP contribution in [-0.2, 0) is 19.5 Å². The fraction of sp³-hybridized carbons (Fsp3) is 0.571. The molecular formula is C14H23N5. The van der Waals surface area contributed by atoms with Crippen molar-refractivity contribution in [3.63, 3.8) is 0 Å². The van der Waals surface area contributed by atoms with Crippen LogP contribution in [0.1, 0.15) is 24.9 Å². The maximum absolute atomic E-state index is 4.43. The first-order valence-electron chi connectivity index (χ1n) is 6.98. The van der Waals surface area contributed by atoms with Gasteiger partial charge >= 0.3 is 0 Å². The molecule has 0 unspecified atom stereocenters. The maximum Gasteiger partial charge on any atom is 0.105 e. The molecule has 2 rings (SSSR count). The zero-order valence-electron chi connectivity index (χ0n) is 11.8. The summed E-state index contributed by atoms with van der Waals surface area (Å²) in [5, 5.41) is 3.39. The van der Waals surface area contributed by atoms with E-state index in [4.69, 9.17) is 0 Å². The Labute approximate surface area is 114 Å². The highest BCUT2D eigenvalue weighted by Gasteiger charge is 2.00. The molecule has 0 aromatic carbocycles. The van der Waals surface area contributed by atoms with Crippen molar-refractivity contribution in [1.29, 1.82) is 0 Å². The van der Waals surface area contributed by atoms with Crippen LogP contribution in [0.3, 0.4) is 0 Å². The number of aromatic nitrogens is 4. The summed E-state index contributed by atoms with van der Waals surface area (Å²) in [4.78, 5) is 8.66. The van der Waals surface area contributed by atoms with Crippen molar-refractivity contribution in [3.8, 4) is 0 Å². The molecule has 0 saturated heterocycles. The largest absolute Gasteiger partial charge is 0.335 e. The van der Waals surface area contributed by atoms with E-state index >= 15 is 0 Å². The highest BCUT2D eigenvalue weighted by atomic mass is 15.1. The van der Waals surface area contributed by atoms with Gasteiger partial charge in [0, 0.05) is 44.6 Å². The Kier molecular flexibility index (Phi) is 5.15. The van der Waals surface area contributed by atoms with Crippen LogP contribution in [0.2, 0.25) is 0 Å². The molecule has 0 bridgehead atoms. The number of rotatable bonds is 8. The fourth-order valence-electron chi connectivity index (χ4n) is 2.04. The van der Waals surface area contributed by atoms with E-state index in [9.17, 15) is 0 Å². The molecule has 19 heavy (non-hydrogen) atoms. The van der Waals surface area contributed by atoms with Crippen molar-refractivity contribution in [1.82, 2.24) is 24.4 Å². The van der Waals surface area contributed by atoms with Crippen molar-refractivity contribution < 1.29 is 0 Å². The lowest BCUT2D eigenvalue weighted by atomic mass is 10.3. The number of imidazole rings is 2. The lowest BCUT2D eigenvalue weighted by Crippen LogP contribution is -2.17. The van der Waals surface area contributed by atoms with Crippen LogP contribution in [0.25, 0.3) is 0 Å². The van der Waals surface area contributed by atoms with Gasteiger partial charge in [-0.25, -0.2) is 9.97 Å². The van der Waals surface area contributed by atoms with Gasteiger partial charge in [0.25, 0.3) is 0 Å². The number of hydrogen-bond acceptors (Lipinski definition) is 3. The number of nitrogens with one attached hydrogen (secondary N) is 1. The molecule has 0 atom stereocenters. The standard InChI is InChI=1S/C14H23N5/c1-3-5-15-6-4-14-11-18(12-17-14)9-10-19-8-7-16-13(19)2/h7-8,11-12,15H,3-6,9-10H2,1-2H3. The molecule has 0 aliphatic heterocycles. The monoisotopic (exact) mass is 261 g/mol. The molecule has 2 aromatic heterocycles. The van der Waals surface area contributed by atoms with Crippen molar-refractivity contribution in [2.24, 2.45) is 0 Å². The van der Waals surface area contributed by atoms with Gasteiger partial charge < -0.3 is 14.5 Å². The minimum absolute atomic E-state index is 0.937. The normalized spacial score (nSPS) is 11.1. The summed E-state index contributed by atoms with van der Waals surface area (Å²) < 4.78 is 4.30. The number of aryl methyl sites for hydroxylation is 3. The summed E-state index contributed by atoms with van der Waals surface area (Å²) in [6.45, 7) is 8.17. The predicted octanol–water partition coefficient (Wildman–Crippen LogP) is 1.63. The zero-order chi connectivity index (χ0) is 13.5. The SMILES string of the molecule is CCCNCCc1cn(CCn2ccnc2C)cn1. The van der Waals surface area contributed by atoms with Crippen molar-refractivity contribution in [2.45, 2.75) is 39.8 Å². The van der Waals surface area contributed by atoms with E-state index in [-0.39, 0.29) is 0 Å². The Morgan fingerprint density at radius 2 is 2.11 bits per heavy atom. The van der Waals surface area contributed by atoms with Gasteiger partial charge in [-0.1, -0.05) is 6.92 Å². The lowest BCUT2D eigenvalue weighted by Gasteiger charge is -2.05. The van der Waals surface area contributed by atoms with E-state index in [0.717, 1.165) is 44.1 Å². The molecular weight excluding hydrogens is 238 g/mol. The van der Waals surface area contributed by atoms with E-state index < -0.39 is 0 Å². The molecule has 0 aliphatic carbocycles. The molecule has 0 fully saturated rings. The molecule has 0 aliphatic rings. The summed E-state index contributed by atoms with van der Waals surface area (Å²) in [5.74, 6) is 1.06. The van der Waals surface area contributed by atoms with Gasteiger partial charge in [0.05, 0.1) is 12.0 Å². The molecule has 0 amide bonds. The third kappa shape index (κ3) is 4.21. The van der Waals surface area contributed by atoms with Crippen LogP contribution in [0.5, 0.6) is 0 Å². The first kappa shape index (κ1) is 13.8. The third-order valence-corrected chi connectivity index (χ3v) is 3.19. The summed E-state index contributed by atoms with van der Waals surface area (Å²) in [5.41, 5.74) is 1.16. The molecule has 2 heterocycles. The number of hydrogen-bond donors (Lipinski definition) is 1. The molecule has 5 heteroatoms. The first-order valence-corrected chi connectivity index (χ1v) is 6.98. The van der Waals surface area contributed by atoms with Crippen molar-refractivity contribution in [3.05, 3.63) is 36.4 Å². The van der Waals surface area contributed by atoms with Crippen LogP contribution < -0.4 is 5.32 Å². The van der Waals surface area contributed by atoms with Crippen LogP contribution >= 0.6 is 0 Å². The predicted molar refractivity (Wildman–Crippen MR) is 76.1 cm³/mol. The van der Waals surface area contributed by atoms with E-state index in [1.165, 1.54) is 6.42 Å². The molecule has 104 valence electrons. The second kappa shape index (κ2) is 7.09. The molecule has 5 nitrogen and oxygen atoms in total. The Hall–Kier alpha value is -1.62. The topological polar surface area (TPSA) is 47.7 Å². The summed E-state index contributed by atoms with van der Waals surface area (Å²) >= 11 is 0. The minimum atomic E-state index is 0.937. The average molecular weight is 261 g/mol. The van der Waals surface area contributed by atoms with Crippen LogP contribution in [0, 0.1) is 6.92 Å². The summed E-state index contributed by atoms with van der Waals surface area (Å²) in [6.07, 6.45) is 10.1. The van der Waals surface area contributed by atoms with Gasteiger partial charge in [0.2, 0.25) is 0 Å². The van der Waals surface area contributed by atoms with E-state index in [1.807, 2.05) is 25.6 Å². The van der Waals surface area contributed by atoms with Gasteiger partial charge in [0.1, 0.15) is 5.82 Å². The van der Waals surface area contributed by atoms with Crippen molar-refractivity contribution in [2.75, 3.05) is 13.1 Å². The van der Waals surface area contributed by atoms with Gasteiger partial charge in [-0.2, -0.15) is 0 Å². The van der Waals surface area contributed by atoms with E-state index in [1.54, 1.807) is 0 Å². The molecule has 0 saturated carbocycles. The Balaban J connectivity index is 1.76. The molecule has 0 radical (unpaired) electrons. The highest BCUT2D eigenvalue weighted by Crippen LogP contribution is 2.00. The zero-order valence-corrected chi connectivity index (χ0v) is 11.8. The summed E-state index contributed by atoms with van der Waals surface area (Å²) in [7, 11) is 0. The number of nitrogens with zero attached hydrogens (tertiary/aromatic N) is 4. The smallest absolute Gasteiger partial charge is 0.105 e. The highest BCUT2D eigenvalue weighted by molar-refractivity contribution is 4.97. The van der Waals surface area contributed by atoms with Gasteiger partial charge in [-0.15, -0.1) is 0 Å². The van der Waals surface area contributed by atoms with Gasteiger partial charge in [-0.05, 0) is 19.9 Å². The maximum atomic E-state index is 4.43. The van der Waals surface area contributed by atoms with Crippen LogP contribution in [-0.4, -0.2) is 32.2 Å². The quantitative estimate of drug-likeness (QED) is 0.735. The second-order valence-corrected chi connectivity index (χ2v) is 4.77. The lowest BCUT2D eigenvalue weighted by molar-refractivity contribution is 0.567. The van der Waals surface area contributed by atoms with Gasteiger partial charge in [0.15, 0.2) is 0 Å². The summed E-state index contributed by atoms with van der Waals surface area (Å²) in [6, 6.07) is 0. The molecule has 0 spiro atoms. The molecule has 2 aromatic rings. The minimum Gasteiger partial charge on any atom is -0.335 e. The van der Waals surface area contributed by atoms with E-state index in [0.29, 0.717) is 0 Å². The fourth-order valence-corrected chi connectivity index (χ4v) is 2.04. The molecule has 1 N–H and O–H groups in total. The Bertz CT molecular complexity index is 485. The van der Waals surface area contributed by atoms with Crippen LogP contribution in [0.4, 0.5) is 0 Å². The van der Waals surface area contributed by atoms with Gasteiger partial charge in [-0.3, -0.25) is 0 Å². The third-order valence-electron chi connectivity index (χ3n) is 3.19. The van der Waals surface area contributed by atoms with Crippen molar-refractivity contribution >= 4 is 0 Å². The first-order chi connectivity index (χ1) is 9.29. The Morgan fingerprint density at radius 3 is 2.84 bits per heavy atom. The average Bonchev–Trinajstić information content (AvgIpc) is 3.01. The van der Waals surface area contributed by atoms with Crippen LogP contribution in [0.15, 0.2) is 24.9 Å². The second-order valence-electron chi connectivity index (χ2n) is 4.77. The van der Waals surface area contributed by atoms with E-state index in [2.05, 4.69) is 37.5 Å². The Morgan fingerprint density at radius 1 is 1.21 bits per heavy atom.